The van der Waals surface area contributed by atoms with Crippen molar-refractivity contribution in [2.75, 3.05) is 6.61 Å². The summed E-state index contributed by atoms with van der Waals surface area (Å²) in [5.41, 5.74) is 0.947. The molecule has 18 heavy (non-hydrogen) atoms. The van der Waals surface area contributed by atoms with Crippen LogP contribution >= 0.6 is 0 Å². The third-order valence-electron chi connectivity index (χ3n) is 3.58. The number of hydrogen-bond donors (Lipinski definition) is 1. The molecule has 0 bridgehead atoms. The number of fused-ring (bicyclic) bond motifs is 1. The number of carbonyl (C=O) groups excluding carboxylic acids is 1. The van der Waals surface area contributed by atoms with Crippen molar-refractivity contribution in [1.82, 2.24) is 15.0 Å². The molecule has 2 aromatic rings. The Kier molecular flexibility index (Phi) is 2.54. The number of H-pyrrole nitrogens is 1. The molecular formula is C13H15N3O2. The lowest BCUT2D eigenvalue weighted by Crippen LogP contribution is -2.44. The number of pyridine rings is 1. The van der Waals surface area contributed by atoms with Gasteiger partial charge in [-0.25, -0.2) is 9.97 Å². The van der Waals surface area contributed by atoms with E-state index in [2.05, 4.69) is 15.0 Å². The standard InChI is InChI=1S/C13H15N3O2/c1-2-18-12(17)13(6-4-7-13)11-15-9-5-3-8-14-10(9)16-11/h3,5,8H,2,4,6-7H2,1H3,(H,14,15,16). The second-order valence-electron chi connectivity index (χ2n) is 4.62. The maximum atomic E-state index is 12.1. The van der Waals surface area contributed by atoms with Gasteiger partial charge in [0.2, 0.25) is 0 Å². The molecule has 5 nitrogen and oxygen atoms in total. The Morgan fingerprint density at radius 3 is 3.00 bits per heavy atom. The molecule has 5 heteroatoms. The summed E-state index contributed by atoms with van der Waals surface area (Å²) in [5.74, 6) is 0.524. The third-order valence-corrected chi connectivity index (χ3v) is 3.58. The Morgan fingerprint density at radius 1 is 1.56 bits per heavy atom. The molecule has 0 radical (unpaired) electrons. The molecule has 0 amide bonds. The Bertz CT molecular complexity index is 554. The molecule has 0 saturated heterocycles. The number of nitrogens with zero attached hydrogens (tertiary/aromatic N) is 2. The first-order valence-corrected chi connectivity index (χ1v) is 6.25. The summed E-state index contributed by atoms with van der Waals surface area (Å²) in [6.07, 6.45) is 4.32. The second kappa shape index (κ2) is 4.08. The van der Waals surface area contributed by atoms with Gasteiger partial charge in [-0.05, 0) is 31.9 Å². The molecule has 1 saturated carbocycles. The molecule has 0 unspecified atom stereocenters. The Morgan fingerprint density at radius 2 is 2.39 bits per heavy atom. The van der Waals surface area contributed by atoms with Gasteiger partial charge in [-0.15, -0.1) is 0 Å². The molecular weight excluding hydrogens is 230 g/mol. The summed E-state index contributed by atoms with van der Waals surface area (Å²) in [6.45, 7) is 2.23. The van der Waals surface area contributed by atoms with E-state index in [-0.39, 0.29) is 5.97 Å². The SMILES string of the molecule is CCOC(=O)C1(c2nc3ncccc3[nH]2)CCC1. The van der Waals surface area contributed by atoms with Gasteiger partial charge in [-0.1, -0.05) is 6.42 Å². The van der Waals surface area contributed by atoms with Crippen LogP contribution in [0.15, 0.2) is 18.3 Å². The Hall–Kier alpha value is -1.91. The maximum Gasteiger partial charge on any atom is 0.319 e. The number of aromatic amines is 1. The van der Waals surface area contributed by atoms with E-state index in [0.717, 1.165) is 24.8 Å². The van der Waals surface area contributed by atoms with Gasteiger partial charge in [0.25, 0.3) is 0 Å². The summed E-state index contributed by atoms with van der Waals surface area (Å²) in [5, 5.41) is 0. The van der Waals surface area contributed by atoms with Gasteiger partial charge in [0.05, 0.1) is 12.1 Å². The predicted molar refractivity (Wildman–Crippen MR) is 66.1 cm³/mol. The van der Waals surface area contributed by atoms with E-state index in [4.69, 9.17) is 4.74 Å². The molecule has 0 atom stereocenters. The lowest BCUT2D eigenvalue weighted by Gasteiger charge is -2.37. The van der Waals surface area contributed by atoms with E-state index in [9.17, 15) is 4.79 Å². The average molecular weight is 245 g/mol. The zero-order valence-corrected chi connectivity index (χ0v) is 10.3. The molecule has 0 aromatic carbocycles. The first-order valence-electron chi connectivity index (χ1n) is 6.25. The number of carbonyl (C=O) groups is 1. The zero-order valence-electron chi connectivity index (χ0n) is 10.3. The monoisotopic (exact) mass is 245 g/mol. The molecule has 2 heterocycles. The number of ether oxygens (including phenoxy) is 1. The number of aromatic nitrogens is 3. The normalized spacial score (nSPS) is 17.4. The van der Waals surface area contributed by atoms with Crippen LogP contribution in [-0.4, -0.2) is 27.5 Å². The van der Waals surface area contributed by atoms with Gasteiger partial charge < -0.3 is 9.72 Å². The predicted octanol–water partition coefficient (Wildman–Crippen LogP) is 1.94. The van der Waals surface area contributed by atoms with Crippen LogP contribution in [-0.2, 0) is 14.9 Å². The summed E-state index contributed by atoms with van der Waals surface area (Å²) in [7, 11) is 0. The largest absolute Gasteiger partial charge is 0.465 e. The van der Waals surface area contributed by atoms with Crippen molar-refractivity contribution in [2.45, 2.75) is 31.6 Å². The number of imidazole rings is 1. The molecule has 1 aliphatic rings. The molecule has 1 aliphatic carbocycles. The molecule has 2 aromatic heterocycles. The highest BCUT2D eigenvalue weighted by atomic mass is 16.5. The number of esters is 1. The summed E-state index contributed by atoms with van der Waals surface area (Å²) in [6, 6.07) is 3.76. The maximum absolute atomic E-state index is 12.1. The fourth-order valence-corrected chi connectivity index (χ4v) is 2.41. The van der Waals surface area contributed by atoms with Crippen LogP contribution in [0.25, 0.3) is 11.2 Å². The summed E-state index contributed by atoms with van der Waals surface area (Å²) in [4.78, 5) is 24.0. The van der Waals surface area contributed by atoms with Gasteiger partial charge in [0.1, 0.15) is 11.2 Å². The minimum absolute atomic E-state index is 0.171. The fourth-order valence-electron chi connectivity index (χ4n) is 2.41. The minimum atomic E-state index is -0.573. The third kappa shape index (κ3) is 1.50. The Balaban J connectivity index is 2.03. The first kappa shape index (κ1) is 11.2. The highest BCUT2D eigenvalue weighted by Crippen LogP contribution is 2.43. The van der Waals surface area contributed by atoms with Crippen LogP contribution < -0.4 is 0 Å². The lowest BCUT2D eigenvalue weighted by atomic mass is 9.68. The van der Waals surface area contributed by atoms with Gasteiger partial charge in [0, 0.05) is 6.20 Å². The number of hydrogen-bond acceptors (Lipinski definition) is 4. The quantitative estimate of drug-likeness (QED) is 0.839. The second-order valence-corrected chi connectivity index (χ2v) is 4.62. The van der Waals surface area contributed by atoms with E-state index < -0.39 is 5.41 Å². The van der Waals surface area contributed by atoms with Crippen molar-refractivity contribution >= 4 is 17.1 Å². The molecule has 94 valence electrons. The van der Waals surface area contributed by atoms with Gasteiger partial charge >= 0.3 is 5.97 Å². The minimum Gasteiger partial charge on any atom is -0.465 e. The molecule has 1 N–H and O–H groups in total. The zero-order chi connectivity index (χ0) is 12.6. The van der Waals surface area contributed by atoms with E-state index in [0.29, 0.717) is 18.1 Å². The average Bonchev–Trinajstić information content (AvgIpc) is 2.71. The van der Waals surface area contributed by atoms with Gasteiger partial charge in [-0.2, -0.15) is 0 Å². The molecule has 3 rings (SSSR count). The van der Waals surface area contributed by atoms with Crippen molar-refractivity contribution in [3.8, 4) is 0 Å². The van der Waals surface area contributed by atoms with Crippen molar-refractivity contribution in [1.29, 1.82) is 0 Å². The van der Waals surface area contributed by atoms with Crippen LogP contribution in [0.2, 0.25) is 0 Å². The van der Waals surface area contributed by atoms with E-state index in [1.807, 2.05) is 19.1 Å². The highest BCUT2D eigenvalue weighted by Gasteiger charge is 2.49. The van der Waals surface area contributed by atoms with Crippen molar-refractivity contribution in [3.63, 3.8) is 0 Å². The van der Waals surface area contributed by atoms with E-state index in [1.54, 1.807) is 6.20 Å². The van der Waals surface area contributed by atoms with Crippen LogP contribution in [0.3, 0.4) is 0 Å². The Labute approximate surface area is 105 Å². The topological polar surface area (TPSA) is 67.9 Å². The van der Waals surface area contributed by atoms with Crippen LogP contribution in [0.1, 0.15) is 32.0 Å². The smallest absolute Gasteiger partial charge is 0.319 e. The summed E-state index contributed by atoms with van der Waals surface area (Å²) >= 11 is 0. The van der Waals surface area contributed by atoms with Gasteiger partial charge in [-0.3, -0.25) is 4.79 Å². The van der Waals surface area contributed by atoms with Crippen molar-refractivity contribution in [2.24, 2.45) is 0 Å². The molecule has 1 fully saturated rings. The van der Waals surface area contributed by atoms with Crippen molar-refractivity contribution in [3.05, 3.63) is 24.2 Å². The molecule has 0 aliphatic heterocycles. The van der Waals surface area contributed by atoms with Crippen molar-refractivity contribution < 1.29 is 9.53 Å². The molecule has 0 spiro atoms. The fraction of sp³-hybridized carbons (Fsp3) is 0.462. The lowest BCUT2D eigenvalue weighted by molar-refractivity contribution is -0.154. The van der Waals surface area contributed by atoms with E-state index >= 15 is 0 Å². The van der Waals surface area contributed by atoms with Crippen LogP contribution in [0.5, 0.6) is 0 Å². The van der Waals surface area contributed by atoms with Crippen LogP contribution in [0, 0.1) is 0 Å². The summed E-state index contributed by atoms with van der Waals surface area (Å²) < 4.78 is 5.18. The van der Waals surface area contributed by atoms with Crippen LogP contribution in [0.4, 0.5) is 0 Å². The number of nitrogens with one attached hydrogen (secondary N) is 1. The van der Waals surface area contributed by atoms with Gasteiger partial charge in [0.15, 0.2) is 5.65 Å². The first-order chi connectivity index (χ1) is 8.76. The van der Waals surface area contributed by atoms with E-state index in [1.165, 1.54) is 0 Å². The number of rotatable bonds is 3. The highest BCUT2D eigenvalue weighted by molar-refractivity contribution is 5.84.